The molecule has 4 heteroatoms. The van der Waals surface area contributed by atoms with E-state index in [-0.39, 0.29) is 12.4 Å². The van der Waals surface area contributed by atoms with E-state index in [0.29, 0.717) is 6.61 Å². The number of carbonyl (C=O) groups is 1. The van der Waals surface area contributed by atoms with Crippen molar-refractivity contribution in [1.29, 1.82) is 0 Å². The summed E-state index contributed by atoms with van der Waals surface area (Å²) in [6, 6.07) is 19.7. The lowest BCUT2D eigenvalue weighted by Crippen LogP contribution is -2.08. The Bertz CT molecular complexity index is 723. The highest BCUT2D eigenvalue weighted by atomic mass is 16.5. The predicted molar refractivity (Wildman–Crippen MR) is 89.8 cm³/mol. The molecular formula is C19H18N2O2. The Morgan fingerprint density at radius 1 is 1.00 bits per heavy atom. The zero-order valence-electron chi connectivity index (χ0n) is 13.0. The zero-order valence-corrected chi connectivity index (χ0v) is 13.0. The molecule has 0 radical (unpaired) electrons. The fourth-order valence-electron chi connectivity index (χ4n) is 2.57. The third-order valence-electron chi connectivity index (χ3n) is 3.60. The molecule has 2 aromatic carbocycles. The molecule has 0 atom stereocenters. The van der Waals surface area contributed by atoms with Crippen molar-refractivity contribution >= 4 is 5.97 Å². The lowest BCUT2D eigenvalue weighted by molar-refractivity contribution is -0.142. The maximum Gasteiger partial charge on any atom is 0.310 e. The molecule has 0 fully saturated rings. The number of H-pyrrole nitrogens is 1. The molecule has 23 heavy (non-hydrogen) atoms. The fraction of sp³-hybridized carbons (Fsp3) is 0.158. The number of hydrogen-bond acceptors (Lipinski definition) is 3. The van der Waals surface area contributed by atoms with Gasteiger partial charge in [0.25, 0.3) is 0 Å². The van der Waals surface area contributed by atoms with Crippen LogP contribution in [0.25, 0.3) is 22.5 Å². The summed E-state index contributed by atoms with van der Waals surface area (Å²) < 4.78 is 5.12. The summed E-state index contributed by atoms with van der Waals surface area (Å²) in [5, 5.41) is 7.52. The van der Waals surface area contributed by atoms with Crippen molar-refractivity contribution in [1.82, 2.24) is 10.2 Å². The summed E-state index contributed by atoms with van der Waals surface area (Å²) in [5.74, 6) is -0.247. The van der Waals surface area contributed by atoms with Gasteiger partial charge in [-0.05, 0) is 12.5 Å². The van der Waals surface area contributed by atoms with E-state index < -0.39 is 0 Å². The van der Waals surface area contributed by atoms with E-state index in [2.05, 4.69) is 10.2 Å². The minimum atomic E-state index is -0.247. The molecule has 3 aromatic rings. The van der Waals surface area contributed by atoms with Crippen LogP contribution in [0.3, 0.4) is 0 Å². The fourth-order valence-corrected chi connectivity index (χ4v) is 2.57. The second-order valence-corrected chi connectivity index (χ2v) is 5.14. The van der Waals surface area contributed by atoms with Gasteiger partial charge in [0.2, 0.25) is 0 Å². The summed E-state index contributed by atoms with van der Waals surface area (Å²) in [7, 11) is 0. The van der Waals surface area contributed by atoms with Crippen LogP contribution in [0, 0.1) is 0 Å². The van der Waals surface area contributed by atoms with Crippen LogP contribution in [0.5, 0.6) is 0 Å². The highest BCUT2D eigenvalue weighted by Crippen LogP contribution is 2.30. The quantitative estimate of drug-likeness (QED) is 0.728. The number of aromatic amines is 1. The molecule has 0 aliphatic heterocycles. The average molecular weight is 306 g/mol. The van der Waals surface area contributed by atoms with Crippen molar-refractivity contribution in [2.24, 2.45) is 0 Å². The third-order valence-corrected chi connectivity index (χ3v) is 3.60. The van der Waals surface area contributed by atoms with E-state index >= 15 is 0 Å². The SMILES string of the molecule is CCOC(=O)Cc1c(-c2ccccc2)n[nH]c1-c1ccccc1. The van der Waals surface area contributed by atoms with Gasteiger partial charge in [-0.25, -0.2) is 0 Å². The normalized spacial score (nSPS) is 10.5. The van der Waals surface area contributed by atoms with E-state index in [1.807, 2.05) is 67.6 Å². The Morgan fingerprint density at radius 3 is 2.22 bits per heavy atom. The topological polar surface area (TPSA) is 55.0 Å². The Morgan fingerprint density at radius 2 is 1.61 bits per heavy atom. The van der Waals surface area contributed by atoms with E-state index in [1.54, 1.807) is 0 Å². The summed E-state index contributed by atoms with van der Waals surface area (Å²) in [5.41, 5.74) is 4.49. The van der Waals surface area contributed by atoms with Crippen molar-refractivity contribution < 1.29 is 9.53 Å². The van der Waals surface area contributed by atoms with Gasteiger partial charge in [0.15, 0.2) is 0 Å². The van der Waals surface area contributed by atoms with Gasteiger partial charge in [0, 0.05) is 11.1 Å². The van der Waals surface area contributed by atoms with Crippen LogP contribution in [0.4, 0.5) is 0 Å². The zero-order chi connectivity index (χ0) is 16.1. The molecule has 116 valence electrons. The maximum absolute atomic E-state index is 12.0. The molecule has 0 amide bonds. The number of nitrogens with one attached hydrogen (secondary N) is 1. The minimum Gasteiger partial charge on any atom is -0.466 e. The molecule has 0 saturated heterocycles. The number of rotatable bonds is 5. The Labute approximate surface area is 135 Å². The van der Waals surface area contributed by atoms with Crippen LogP contribution in [0.15, 0.2) is 60.7 Å². The van der Waals surface area contributed by atoms with Crippen molar-refractivity contribution in [3.8, 4) is 22.5 Å². The van der Waals surface area contributed by atoms with Gasteiger partial charge < -0.3 is 4.74 Å². The van der Waals surface area contributed by atoms with Gasteiger partial charge in [-0.2, -0.15) is 5.10 Å². The smallest absolute Gasteiger partial charge is 0.310 e. The van der Waals surface area contributed by atoms with Crippen LogP contribution < -0.4 is 0 Å². The second kappa shape index (κ2) is 6.92. The first-order valence-corrected chi connectivity index (χ1v) is 7.63. The standard InChI is InChI=1S/C19H18N2O2/c1-2-23-17(22)13-16-18(14-9-5-3-6-10-14)20-21-19(16)15-11-7-4-8-12-15/h3-12H,2,13H2,1H3,(H,20,21). The molecule has 1 heterocycles. The molecule has 3 rings (SSSR count). The van der Waals surface area contributed by atoms with Crippen LogP contribution in [0.1, 0.15) is 12.5 Å². The summed E-state index contributed by atoms with van der Waals surface area (Å²) in [4.78, 5) is 12.0. The highest BCUT2D eigenvalue weighted by molar-refractivity contribution is 5.82. The summed E-state index contributed by atoms with van der Waals surface area (Å²) in [6.07, 6.45) is 0.193. The van der Waals surface area contributed by atoms with Gasteiger partial charge in [-0.3, -0.25) is 9.89 Å². The van der Waals surface area contributed by atoms with Crippen molar-refractivity contribution in [3.05, 3.63) is 66.2 Å². The first kappa shape index (κ1) is 15.0. The van der Waals surface area contributed by atoms with E-state index in [1.165, 1.54) is 0 Å². The van der Waals surface area contributed by atoms with Crippen molar-refractivity contribution in [2.45, 2.75) is 13.3 Å². The van der Waals surface area contributed by atoms with Crippen molar-refractivity contribution in [2.75, 3.05) is 6.61 Å². The lowest BCUT2D eigenvalue weighted by Gasteiger charge is -2.06. The van der Waals surface area contributed by atoms with Gasteiger partial charge in [-0.15, -0.1) is 0 Å². The monoisotopic (exact) mass is 306 g/mol. The number of benzene rings is 2. The largest absolute Gasteiger partial charge is 0.466 e. The maximum atomic E-state index is 12.0. The second-order valence-electron chi connectivity index (χ2n) is 5.14. The Balaban J connectivity index is 2.07. The average Bonchev–Trinajstić information content (AvgIpc) is 3.00. The Hall–Kier alpha value is -2.88. The first-order chi connectivity index (χ1) is 11.3. The number of ether oxygens (including phenoxy) is 1. The predicted octanol–water partition coefficient (Wildman–Crippen LogP) is 3.85. The lowest BCUT2D eigenvalue weighted by atomic mass is 9.99. The molecule has 0 aliphatic rings. The molecule has 4 nitrogen and oxygen atoms in total. The number of carbonyl (C=O) groups excluding carboxylic acids is 1. The van der Waals surface area contributed by atoms with Crippen LogP contribution in [-0.4, -0.2) is 22.8 Å². The Kier molecular flexibility index (Phi) is 4.52. The van der Waals surface area contributed by atoms with Gasteiger partial charge in [0.05, 0.1) is 24.4 Å². The van der Waals surface area contributed by atoms with E-state index in [0.717, 1.165) is 28.1 Å². The van der Waals surface area contributed by atoms with Gasteiger partial charge in [0.1, 0.15) is 0 Å². The molecule has 1 aromatic heterocycles. The number of esters is 1. The third kappa shape index (κ3) is 3.31. The van der Waals surface area contributed by atoms with Crippen molar-refractivity contribution in [3.63, 3.8) is 0 Å². The molecule has 0 bridgehead atoms. The first-order valence-electron chi connectivity index (χ1n) is 7.63. The minimum absolute atomic E-state index is 0.193. The van der Waals surface area contributed by atoms with Gasteiger partial charge in [-0.1, -0.05) is 60.7 Å². The van der Waals surface area contributed by atoms with Crippen LogP contribution in [-0.2, 0) is 16.0 Å². The summed E-state index contributed by atoms with van der Waals surface area (Å²) >= 11 is 0. The summed E-state index contributed by atoms with van der Waals surface area (Å²) in [6.45, 7) is 2.18. The molecule has 0 spiro atoms. The number of nitrogens with zero attached hydrogens (tertiary/aromatic N) is 1. The molecule has 0 aliphatic carbocycles. The van der Waals surface area contributed by atoms with E-state index in [4.69, 9.17) is 4.74 Å². The van der Waals surface area contributed by atoms with E-state index in [9.17, 15) is 4.79 Å². The van der Waals surface area contributed by atoms with Gasteiger partial charge >= 0.3 is 5.97 Å². The van der Waals surface area contributed by atoms with Crippen LogP contribution >= 0.6 is 0 Å². The van der Waals surface area contributed by atoms with Crippen LogP contribution in [0.2, 0.25) is 0 Å². The highest BCUT2D eigenvalue weighted by Gasteiger charge is 2.19. The molecule has 1 N–H and O–H groups in total. The molecule has 0 saturated carbocycles. The molecule has 0 unspecified atom stereocenters. The molecular weight excluding hydrogens is 288 g/mol. The number of aromatic nitrogens is 2. The number of hydrogen-bond donors (Lipinski definition) is 1.